The summed E-state index contributed by atoms with van der Waals surface area (Å²) >= 11 is 0. The zero-order chi connectivity index (χ0) is 76.2. The molecule has 0 fully saturated rings. The lowest BCUT2D eigenvalue weighted by Gasteiger charge is -2.21. The molecule has 0 saturated heterocycles. The first kappa shape index (κ1) is 65.4. The van der Waals surface area contributed by atoms with E-state index in [4.69, 9.17) is 20.4 Å². The van der Waals surface area contributed by atoms with Crippen LogP contribution in [0.1, 0.15) is 204 Å². The Morgan fingerprint density at radius 2 is 0.608 bits per heavy atom. The average Bonchev–Trinajstić information content (AvgIpc) is 1.58. The number of benzene rings is 4. The van der Waals surface area contributed by atoms with Crippen molar-refractivity contribution in [2.75, 3.05) is 0 Å². The van der Waals surface area contributed by atoms with Crippen LogP contribution in [0.2, 0.25) is 0 Å². The Kier molecular flexibility index (Phi) is 17.2. The summed E-state index contributed by atoms with van der Waals surface area (Å²) in [7, 11) is 8.34. The molecule has 16 rings (SSSR count). The van der Waals surface area contributed by atoms with E-state index in [1.54, 1.807) is 6.07 Å². The van der Waals surface area contributed by atoms with Crippen LogP contribution in [0.5, 0.6) is 0 Å². The first-order chi connectivity index (χ1) is 50.0. The maximum atomic E-state index is 8.50. The molecule has 0 radical (unpaired) electrons. The van der Waals surface area contributed by atoms with Crippen molar-refractivity contribution in [3.05, 3.63) is 285 Å². The normalized spacial score (nSPS) is 15.6. The van der Waals surface area contributed by atoms with Gasteiger partial charge in [-0.3, -0.25) is 19.9 Å². The van der Waals surface area contributed by atoms with Gasteiger partial charge in [0.1, 0.15) is 28.2 Å². The molecule has 0 amide bonds. The SMILES string of the molecule is CCc1cc[n+](C)c(-c2cc3c(cc2C)-c2cccnc2C3(C)C)c1.CCc1cc[n+](C)c(-c2cc3c(cc2C)-c2cccnc2C3(C)C)c1.Cc1cc2c(cc1-c1cc(C(C)C)cc[n+]1C)C(C)(C)c1ncccc1-2.[2H]C([2H])([2H])C([2H])(C)c1cc[n+](C)c(-c2cc3c(cc2C)-c2cccnc2C3(C)C)c1. The highest BCUT2D eigenvalue weighted by Crippen LogP contribution is 2.53. The fourth-order valence-electron chi connectivity index (χ4n) is 16.4. The second kappa shape index (κ2) is 26.8. The molecule has 516 valence electrons. The van der Waals surface area contributed by atoms with Gasteiger partial charge < -0.3 is 0 Å². The summed E-state index contributed by atoms with van der Waals surface area (Å²) in [5.41, 5.74) is 39.2. The Bertz CT molecular complexity index is 5340. The largest absolute Gasteiger partial charge is 0.260 e. The minimum atomic E-state index is -2.41. The van der Waals surface area contributed by atoms with Crippen molar-refractivity contribution in [2.45, 2.75) is 171 Å². The molecule has 0 spiro atoms. The summed E-state index contributed by atoms with van der Waals surface area (Å²) in [6.07, 6.45) is 18.0. The monoisotopic (exact) mass is 1350 g/mol. The van der Waals surface area contributed by atoms with Crippen molar-refractivity contribution in [3.8, 4) is 89.5 Å². The Hall–Kier alpha value is -9.92. The van der Waals surface area contributed by atoms with Crippen molar-refractivity contribution in [3.63, 3.8) is 0 Å². The summed E-state index contributed by atoms with van der Waals surface area (Å²) < 4.78 is 40.6. The molecule has 4 aliphatic rings. The summed E-state index contributed by atoms with van der Waals surface area (Å²) in [5, 5.41) is 0. The number of hydrogen-bond acceptors (Lipinski definition) is 4. The van der Waals surface area contributed by atoms with E-state index in [1.807, 2.05) is 72.9 Å². The standard InChI is InChI=1S/2C24H27N2.2C23H25N2/c2*1-15(2)17-9-11-26(6)22(13-17)19-14-21-20(12-16(19)3)18-8-7-10-25-23(18)24(21,4)5;2*1-6-16-9-11-25(5)21(13-16)18-14-20-19(12-15(18)2)17-8-7-10-24-22(17)23(20,3)4/h2*7-15H,1-6H3;2*7-14H,6H2,1-5H3/q4*+1/i1D3,15D;;;. The lowest BCUT2D eigenvalue weighted by Crippen LogP contribution is -2.31. The van der Waals surface area contributed by atoms with E-state index in [2.05, 4.69) is 278 Å². The van der Waals surface area contributed by atoms with E-state index >= 15 is 0 Å². The molecule has 8 aromatic heterocycles. The van der Waals surface area contributed by atoms with Gasteiger partial charge in [-0.15, -0.1) is 0 Å². The topological polar surface area (TPSA) is 67.1 Å². The van der Waals surface area contributed by atoms with Crippen molar-refractivity contribution in [1.82, 2.24) is 19.9 Å². The summed E-state index contributed by atoms with van der Waals surface area (Å²) in [4.78, 5) is 18.8. The van der Waals surface area contributed by atoms with E-state index < -0.39 is 12.7 Å². The second-order valence-electron chi connectivity index (χ2n) is 31.4. The number of nitrogens with zero attached hydrogens (tertiary/aromatic N) is 8. The van der Waals surface area contributed by atoms with Crippen molar-refractivity contribution in [2.24, 2.45) is 28.2 Å². The van der Waals surface area contributed by atoms with Crippen LogP contribution in [0.4, 0.5) is 0 Å². The van der Waals surface area contributed by atoms with Crippen LogP contribution in [0.15, 0.2) is 195 Å². The van der Waals surface area contributed by atoms with E-state index in [0.29, 0.717) is 11.5 Å². The molecule has 1 unspecified atom stereocenters. The van der Waals surface area contributed by atoms with Gasteiger partial charge in [-0.1, -0.05) is 145 Å². The minimum Gasteiger partial charge on any atom is -0.260 e. The number of aryl methyl sites for hydroxylation is 10. The van der Waals surface area contributed by atoms with Crippen LogP contribution in [0.25, 0.3) is 89.5 Å². The molecule has 0 saturated carbocycles. The van der Waals surface area contributed by atoms with Crippen LogP contribution in [0, 0.1) is 27.7 Å². The van der Waals surface area contributed by atoms with E-state index in [1.165, 1.54) is 158 Å². The average molecular weight is 1350 g/mol. The Balaban J connectivity index is 0.000000125. The quantitative estimate of drug-likeness (QED) is 0.142. The molecule has 0 aliphatic heterocycles. The molecule has 102 heavy (non-hydrogen) atoms. The molecule has 8 heteroatoms. The molecule has 8 nitrogen and oxygen atoms in total. The molecule has 4 aliphatic carbocycles. The number of pyridine rings is 8. The van der Waals surface area contributed by atoms with Crippen LogP contribution in [-0.2, 0) is 62.7 Å². The van der Waals surface area contributed by atoms with Gasteiger partial charge in [0.15, 0.2) is 24.8 Å². The van der Waals surface area contributed by atoms with Gasteiger partial charge in [-0.2, -0.15) is 0 Å². The highest BCUT2D eigenvalue weighted by Gasteiger charge is 2.42. The maximum absolute atomic E-state index is 8.50. The Labute approximate surface area is 613 Å². The fraction of sp³-hybridized carbons (Fsp3) is 0.319. The second-order valence-corrected chi connectivity index (χ2v) is 31.4. The van der Waals surface area contributed by atoms with Gasteiger partial charge in [0.25, 0.3) is 0 Å². The Morgan fingerprint density at radius 3 is 0.882 bits per heavy atom. The van der Waals surface area contributed by atoms with Crippen LogP contribution in [-0.4, -0.2) is 19.9 Å². The summed E-state index contributed by atoms with van der Waals surface area (Å²) in [6.45, 7) is 34.8. The molecule has 1 atom stereocenters. The number of aromatic nitrogens is 8. The molecule has 12 aromatic rings. The third-order valence-electron chi connectivity index (χ3n) is 22.7. The van der Waals surface area contributed by atoms with E-state index in [-0.39, 0.29) is 21.7 Å². The Morgan fingerprint density at radius 1 is 0.343 bits per heavy atom. The molecule has 0 N–H and O–H groups in total. The first-order valence-electron chi connectivity index (χ1n) is 38.4. The molecule has 4 aromatic carbocycles. The van der Waals surface area contributed by atoms with E-state index in [0.717, 1.165) is 35.4 Å². The van der Waals surface area contributed by atoms with Crippen molar-refractivity contribution >= 4 is 0 Å². The smallest absolute Gasteiger partial charge is 0.212 e. The zero-order valence-electron chi connectivity index (χ0n) is 68.0. The maximum Gasteiger partial charge on any atom is 0.212 e. The van der Waals surface area contributed by atoms with Gasteiger partial charge in [0.05, 0.1) is 22.8 Å². The van der Waals surface area contributed by atoms with E-state index in [9.17, 15) is 0 Å². The zero-order valence-corrected chi connectivity index (χ0v) is 64.0. The minimum absolute atomic E-state index is 0.0602. The van der Waals surface area contributed by atoms with Crippen molar-refractivity contribution in [1.29, 1.82) is 0 Å². The number of fused-ring (bicyclic) bond motifs is 12. The van der Waals surface area contributed by atoms with Gasteiger partial charge >= 0.3 is 0 Å². The molecule has 8 heterocycles. The highest BCUT2D eigenvalue weighted by atomic mass is 14.9. The van der Waals surface area contributed by atoms with Crippen LogP contribution < -0.4 is 18.3 Å². The molecule has 0 bridgehead atoms. The predicted octanol–water partition coefficient (Wildman–Crippen LogP) is 20.1. The first-order valence-corrected chi connectivity index (χ1v) is 36.4. The predicted molar refractivity (Wildman–Crippen MR) is 420 cm³/mol. The van der Waals surface area contributed by atoms with Gasteiger partial charge in [0, 0.05) is 145 Å². The van der Waals surface area contributed by atoms with Gasteiger partial charge in [-0.05, 0) is 190 Å². The molecular weight excluding hydrogens is 1240 g/mol. The van der Waals surface area contributed by atoms with Gasteiger partial charge in [0.2, 0.25) is 22.8 Å². The van der Waals surface area contributed by atoms with Gasteiger partial charge in [-0.25, -0.2) is 18.3 Å². The third kappa shape index (κ3) is 12.2. The number of rotatable bonds is 8. The summed E-state index contributed by atoms with van der Waals surface area (Å²) in [5.74, 6) is -1.16. The highest BCUT2D eigenvalue weighted by molar-refractivity contribution is 5.87. The lowest BCUT2D eigenvalue weighted by atomic mass is 9.83. The lowest BCUT2D eigenvalue weighted by molar-refractivity contribution is -0.660. The summed E-state index contributed by atoms with van der Waals surface area (Å²) in [6, 6.07) is 52.6. The van der Waals surface area contributed by atoms with Crippen molar-refractivity contribution < 1.29 is 23.8 Å². The molecular formula is C94H104N8+4. The van der Waals surface area contributed by atoms with Crippen LogP contribution >= 0.6 is 0 Å². The van der Waals surface area contributed by atoms with Crippen LogP contribution in [0.3, 0.4) is 0 Å². The fourth-order valence-corrected chi connectivity index (χ4v) is 16.4. The third-order valence-corrected chi connectivity index (χ3v) is 22.7. The number of hydrogen-bond donors (Lipinski definition) is 0.